The topological polar surface area (TPSA) is 66.9 Å². The molecule has 0 radical (unpaired) electrons. The first-order chi connectivity index (χ1) is 10.6. The number of esters is 1. The summed E-state index contributed by atoms with van der Waals surface area (Å²) in [6.07, 6.45) is 0.704. The summed E-state index contributed by atoms with van der Waals surface area (Å²) in [6, 6.07) is 9.00. The van der Waals surface area contributed by atoms with E-state index in [2.05, 4.69) is 0 Å². The number of carbonyl (C=O) groups excluding carboxylic acids is 1. The lowest BCUT2D eigenvalue weighted by atomic mass is 10.2. The van der Waals surface area contributed by atoms with Gasteiger partial charge in [-0.05, 0) is 5.56 Å². The van der Waals surface area contributed by atoms with Crippen LogP contribution in [-0.4, -0.2) is 62.4 Å². The highest BCUT2D eigenvalue weighted by Crippen LogP contribution is 2.19. The summed E-state index contributed by atoms with van der Waals surface area (Å²) < 4.78 is 31.4. The highest BCUT2D eigenvalue weighted by atomic mass is 32.2. The minimum absolute atomic E-state index is 0.0271. The SMILES string of the molecule is O=C1OCC[C@H]1N1CCN(S(=O)(=O)Cc2ccccc2)CC1. The maximum absolute atomic E-state index is 12.5. The van der Waals surface area contributed by atoms with Gasteiger partial charge in [-0.1, -0.05) is 30.3 Å². The third-order valence-electron chi connectivity index (χ3n) is 4.21. The van der Waals surface area contributed by atoms with E-state index in [1.165, 1.54) is 4.31 Å². The van der Waals surface area contributed by atoms with Crippen LogP contribution in [0.2, 0.25) is 0 Å². The first-order valence-electron chi connectivity index (χ1n) is 7.49. The summed E-state index contributed by atoms with van der Waals surface area (Å²) in [6.45, 7) is 2.48. The standard InChI is InChI=1S/C15H20N2O4S/c18-15-14(6-11-21-15)16-7-9-17(10-8-16)22(19,20)12-13-4-2-1-3-5-13/h1-5,14H,6-12H2/t14-/m1/s1. The predicted molar refractivity (Wildman–Crippen MR) is 81.6 cm³/mol. The molecule has 0 saturated carbocycles. The van der Waals surface area contributed by atoms with Gasteiger partial charge < -0.3 is 4.74 Å². The molecule has 0 unspecified atom stereocenters. The highest BCUT2D eigenvalue weighted by molar-refractivity contribution is 7.88. The quantitative estimate of drug-likeness (QED) is 0.752. The van der Waals surface area contributed by atoms with Crippen LogP contribution in [0, 0.1) is 0 Å². The molecule has 6 nitrogen and oxygen atoms in total. The fraction of sp³-hybridized carbons (Fsp3) is 0.533. The molecule has 0 aromatic heterocycles. The fourth-order valence-electron chi connectivity index (χ4n) is 2.99. The van der Waals surface area contributed by atoms with Crippen molar-refractivity contribution in [3.8, 4) is 0 Å². The molecule has 3 rings (SSSR count). The molecule has 0 bridgehead atoms. The Kier molecular flexibility index (Phi) is 4.46. The Morgan fingerprint density at radius 3 is 2.36 bits per heavy atom. The first-order valence-corrected chi connectivity index (χ1v) is 9.09. The van der Waals surface area contributed by atoms with E-state index in [4.69, 9.17) is 4.74 Å². The summed E-state index contributed by atoms with van der Waals surface area (Å²) in [7, 11) is -3.31. The molecule has 2 heterocycles. The number of benzene rings is 1. The third kappa shape index (κ3) is 3.31. The Labute approximate surface area is 130 Å². The molecule has 1 atom stereocenters. The third-order valence-corrected chi connectivity index (χ3v) is 6.06. The van der Waals surface area contributed by atoms with Crippen LogP contribution in [0.4, 0.5) is 0 Å². The van der Waals surface area contributed by atoms with E-state index in [-0.39, 0.29) is 17.8 Å². The summed E-state index contributed by atoms with van der Waals surface area (Å²) >= 11 is 0. The van der Waals surface area contributed by atoms with Crippen molar-refractivity contribution in [3.63, 3.8) is 0 Å². The molecule has 2 aliphatic heterocycles. The number of ether oxygens (including phenoxy) is 1. The zero-order chi connectivity index (χ0) is 15.6. The van der Waals surface area contributed by atoms with Crippen molar-refractivity contribution in [2.24, 2.45) is 0 Å². The molecule has 0 aliphatic carbocycles. The van der Waals surface area contributed by atoms with E-state index in [0.29, 0.717) is 39.2 Å². The summed E-state index contributed by atoms with van der Waals surface area (Å²) in [5.41, 5.74) is 0.796. The van der Waals surface area contributed by atoms with Crippen molar-refractivity contribution < 1.29 is 17.9 Å². The molecule has 22 heavy (non-hydrogen) atoms. The van der Waals surface area contributed by atoms with Crippen LogP contribution in [0.3, 0.4) is 0 Å². The highest BCUT2D eigenvalue weighted by Gasteiger charge is 2.36. The van der Waals surface area contributed by atoms with Crippen molar-refractivity contribution >= 4 is 16.0 Å². The van der Waals surface area contributed by atoms with Crippen molar-refractivity contribution in [1.29, 1.82) is 0 Å². The van der Waals surface area contributed by atoms with Gasteiger partial charge in [-0.15, -0.1) is 0 Å². The second kappa shape index (κ2) is 6.36. The van der Waals surface area contributed by atoms with E-state index in [1.807, 2.05) is 35.2 Å². The lowest BCUT2D eigenvalue weighted by Gasteiger charge is -2.35. The van der Waals surface area contributed by atoms with Crippen molar-refractivity contribution in [3.05, 3.63) is 35.9 Å². The number of carbonyl (C=O) groups is 1. The van der Waals surface area contributed by atoms with Gasteiger partial charge >= 0.3 is 5.97 Å². The largest absolute Gasteiger partial charge is 0.464 e. The number of rotatable bonds is 4. The number of piperazine rings is 1. The molecular weight excluding hydrogens is 304 g/mol. The zero-order valence-corrected chi connectivity index (χ0v) is 13.2. The minimum Gasteiger partial charge on any atom is -0.464 e. The fourth-order valence-corrected chi connectivity index (χ4v) is 4.50. The monoisotopic (exact) mass is 324 g/mol. The van der Waals surface area contributed by atoms with Crippen LogP contribution in [0.5, 0.6) is 0 Å². The van der Waals surface area contributed by atoms with Crippen molar-refractivity contribution in [2.45, 2.75) is 18.2 Å². The van der Waals surface area contributed by atoms with E-state index >= 15 is 0 Å². The van der Waals surface area contributed by atoms with Crippen molar-refractivity contribution in [1.82, 2.24) is 9.21 Å². The Balaban J connectivity index is 1.59. The van der Waals surface area contributed by atoms with Gasteiger partial charge in [0.25, 0.3) is 0 Å². The van der Waals surface area contributed by atoms with Gasteiger partial charge in [0.1, 0.15) is 6.04 Å². The zero-order valence-electron chi connectivity index (χ0n) is 12.3. The maximum atomic E-state index is 12.5. The van der Waals surface area contributed by atoms with Gasteiger partial charge in [0.15, 0.2) is 0 Å². The van der Waals surface area contributed by atoms with Gasteiger partial charge in [0.05, 0.1) is 12.4 Å². The average Bonchev–Trinajstić information content (AvgIpc) is 2.94. The number of hydrogen-bond acceptors (Lipinski definition) is 5. The molecule has 0 spiro atoms. The molecule has 2 aliphatic rings. The molecular formula is C15H20N2O4S. The van der Waals surface area contributed by atoms with Gasteiger partial charge in [-0.25, -0.2) is 8.42 Å². The number of hydrogen-bond donors (Lipinski definition) is 0. The molecule has 0 amide bonds. The Morgan fingerprint density at radius 2 is 1.77 bits per heavy atom. The lowest BCUT2D eigenvalue weighted by Crippen LogP contribution is -2.53. The lowest BCUT2D eigenvalue weighted by molar-refractivity contribution is -0.142. The van der Waals surface area contributed by atoms with E-state index in [1.54, 1.807) is 0 Å². The average molecular weight is 324 g/mol. The normalized spacial score (nSPS) is 24.4. The molecule has 120 valence electrons. The van der Waals surface area contributed by atoms with E-state index in [0.717, 1.165) is 5.56 Å². The van der Waals surface area contributed by atoms with E-state index < -0.39 is 10.0 Å². The smallest absolute Gasteiger partial charge is 0.323 e. The Morgan fingerprint density at radius 1 is 1.09 bits per heavy atom. The molecule has 2 fully saturated rings. The minimum atomic E-state index is -3.31. The molecule has 7 heteroatoms. The second-order valence-electron chi connectivity index (χ2n) is 5.65. The van der Waals surface area contributed by atoms with Gasteiger partial charge in [-0.2, -0.15) is 4.31 Å². The molecule has 2 saturated heterocycles. The predicted octanol–water partition coefficient (Wildman–Crippen LogP) is 0.450. The number of cyclic esters (lactones) is 1. The summed E-state index contributed by atoms with van der Waals surface area (Å²) in [4.78, 5) is 13.6. The summed E-state index contributed by atoms with van der Waals surface area (Å²) in [5, 5.41) is 0. The van der Waals surface area contributed by atoms with Gasteiger partial charge in [0.2, 0.25) is 10.0 Å². The van der Waals surface area contributed by atoms with Crippen LogP contribution in [-0.2, 0) is 25.3 Å². The molecule has 1 aromatic carbocycles. The number of sulfonamides is 1. The number of nitrogens with zero attached hydrogens (tertiary/aromatic N) is 2. The van der Waals surface area contributed by atoms with Gasteiger partial charge in [0, 0.05) is 32.6 Å². The van der Waals surface area contributed by atoms with Crippen LogP contribution in [0.15, 0.2) is 30.3 Å². The first kappa shape index (κ1) is 15.5. The van der Waals surface area contributed by atoms with E-state index in [9.17, 15) is 13.2 Å². The van der Waals surface area contributed by atoms with Crippen LogP contribution >= 0.6 is 0 Å². The molecule has 1 aromatic rings. The van der Waals surface area contributed by atoms with Gasteiger partial charge in [-0.3, -0.25) is 9.69 Å². The van der Waals surface area contributed by atoms with Crippen LogP contribution in [0.1, 0.15) is 12.0 Å². The summed E-state index contributed by atoms with van der Waals surface area (Å²) in [5.74, 6) is -0.153. The van der Waals surface area contributed by atoms with Crippen LogP contribution < -0.4 is 0 Å². The van der Waals surface area contributed by atoms with Crippen LogP contribution in [0.25, 0.3) is 0 Å². The second-order valence-corrected chi connectivity index (χ2v) is 7.62. The Hall–Kier alpha value is -1.44. The van der Waals surface area contributed by atoms with Crippen molar-refractivity contribution in [2.75, 3.05) is 32.8 Å². The maximum Gasteiger partial charge on any atom is 0.323 e. The molecule has 0 N–H and O–H groups in total. The Bertz CT molecular complexity index is 624.